The third-order valence-corrected chi connectivity index (χ3v) is 3.93. The molecule has 1 unspecified atom stereocenters. The summed E-state index contributed by atoms with van der Waals surface area (Å²) in [6.45, 7) is 8.20. The molecule has 1 radical (unpaired) electrons. The minimum atomic E-state index is -4.29. The van der Waals surface area contributed by atoms with Crippen molar-refractivity contribution in [1.29, 1.82) is 0 Å². The van der Waals surface area contributed by atoms with Gasteiger partial charge < -0.3 is 0 Å². The third-order valence-electron chi connectivity index (χ3n) is 3.93. The molecule has 0 saturated heterocycles. The Hall–Kier alpha value is -1.77. The molecule has 0 aliphatic heterocycles. The Morgan fingerprint density at radius 3 is 1.59 bits per heavy atom. The van der Waals surface area contributed by atoms with Crippen LogP contribution in [0.2, 0.25) is 0 Å². The lowest BCUT2D eigenvalue weighted by Crippen LogP contribution is -2.06. The van der Waals surface area contributed by atoms with E-state index in [1.807, 2.05) is 12.1 Å². The molecule has 2 rings (SSSR count). The predicted molar refractivity (Wildman–Crippen MR) is 83.8 cm³/mol. The molecule has 0 N–H and O–H groups in total. The summed E-state index contributed by atoms with van der Waals surface area (Å²) >= 11 is 0. The Morgan fingerprint density at radius 2 is 1.23 bits per heavy atom. The number of rotatable bonds is 4. The molecule has 0 heterocycles. The summed E-state index contributed by atoms with van der Waals surface area (Å²) in [4.78, 5) is 0. The number of alkyl halides is 3. The molecule has 0 spiro atoms. The van der Waals surface area contributed by atoms with Crippen LogP contribution in [0.25, 0.3) is 0 Å². The summed E-state index contributed by atoms with van der Waals surface area (Å²) in [5.74, 6) is 0.474. The van der Waals surface area contributed by atoms with Gasteiger partial charge in [-0.3, -0.25) is 0 Å². The number of halogens is 3. The van der Waals surface area contributed by atoms with Crippen LogP contribution < -0.4 is 0 Å². The highest BCUT2D eigenvalue weighted by Crippen LogP contribution is 2.33. The van der Waals surface area contributed by atoms with E-state index in [9.17, 15) is 13.2 Å². The van der Waals surface area contributed by atoms with Crippen molar-refractivity contribution in [3.8, 4) is 0 Å². The van der Waals surface area contributed by atoms with Crippen molar-refractivity contribution >= 4 is 0 Å². The highest BCUT2D eigenvalue weighted by atomic mass is 19.4. The summed E-state index contributed by atoms with van der Waals surface area (Å²) in [5.41, 5.74) is 2.58. The molecule has 1 atom stereocenters. The summed E-state index contributed by atoms with van der Waals surface area (Å²) in [6.07, 6.45) is -3.69. The van der Waals surface area contributed by atoms with Gasteiger partial charge >= 0.3 is 6.18 Å². The quantitative estimate of drug-likeness (QED) is 0.632. The van der Waals surface area contributed by atoms with E-state index in [2.05, 4.69) is 32.9 Å². The zero-order chi connectivity index (χ0) is 16.3. The normalized spacial score (nSPS) is 13.4. The fourth-order valence-corrected chi connectivity index (χ4v) is 2.54. The van der Waals surface area contributed by atoms with Crippen LogP contribution in [0.15, 0.2) is 48.5 Å². The Morgan fingerprint density at radius 1 is 0.818 bits per heavy atom. The van der Waals surface area contributed by atoms with Crippen LogP contribution in [0.3, 0.4) is 0 Å². The van der Waals surface area contributed by atoms with E-state index in [1.165, 1.54) is 5.56 Å². The molecule has 117 valence electrons. The maximum absolute atomic E-state index is 12.6. The van der Waals surface area contributed by atoms with Crippen LogP contribution >= 0.6 is 0 Å². The first-order valence-electron chi connectivity index (χ1n) is 7.39. The van der Waals surface area contributed by atoms with E-state index in [-0.39, 0.29) is 5.92 Å². The van der Waals surface area contributed by atoms with Gasteiger partial charge in [0.15, 0.2) is 0 Å². The number of hydrogen-bond acceptors (Lipinski definition) is 0. The monoisotopic (exact) mass is 305 g/mol. The highest BCUT2D eigenvalue weighted by Gasteiger charge is 2.30. The van der Waals surface area contributed by atoms with Crippen LogP contribution in [0.5, 0.6) is 0 Å². The van der Waals surface area contributed by atoms with E-state index in [4.69, 9.17) is 0 Å². The van der Waals surface area contributed by atoms with E-state index in [0.29, 0.717) is 12.3 Å². The third kappa shape index (κ3) is 3.70. The van der Waals surface area contributed by atoms with Crippen molar-refractivity contribution in [3.63, 3.8) is 0 Å². The second-order valence-corrected chi connectivity index (χ2v) is 5.78. The van der Waals surface area contributed by atoms with Crippen LogP contribution in [0, 0.1) is 6.92 Å². The molecule has 0 aliphatic carbocycles. The molecule has 0 saturated carbocycles. The maximum atomic E-state index is 12.6. The highest BCUT2D eigenvalue weighted by molar-refractivity contribution is 5.36. The summed E-state index contributed by atoms with van der Waals surface area (Å²) in [5, 5.41) is 0. The largest absolute Gasteiger partial charge is 0.416 e. The fourth-order valence-electron chi connectivity index (χ4n) is 2.54. The minimum absolute atomic E-state index is 0.0171. The topological polar surface area (TPSA) is 0 Å². The van der Waals surface area contributed by atoms with Gasteiger partial charge in [0.25, 0.3) is 0 Å². The van der Waals surface area contributed by atoms with E-state index in [1.54, 1.807) is 12.1 Å². The summed E-state index contributed by atoms with van der Waals surface area (Å²) in [6, 6.07) is 13.6. The van der Waals surface area contributed by atoms with Gasteiger partial charge in [-0.25, -0.2) is 0 Å². The molecule has 0 nitrogen and oxygen atoms in total. The predicted octanol–water partition coefficient (Wildman–Crippen LogP) is 6.18. The molecular formula is C19H20F3. The molecule has 0 amide bonds. The molecule has 2 aromatic rings. The lowest BCUT2D eigenvalue weighted by atomic mass is 9.87. The van der Waals surface area contributed by atoms with Crippen molar-refractivity contribution < 1.29 is 13.2 Å². The van der Waals surface area contributed by atoms with Gasteiger partial charge in [-0.05, 0) is 41.2 Å². The van der Waals surface area contributed by atoms with Gasteiger partial charge in [0.1, 0.15) is 0 Å². The van der Waals surface area contributed by atoms with Crippen molar-refractivity contribution in [3.05, 3.63) is 77.7 Å². The van der Waals surface area contributed by atoms with E-state index >= 15 is 0 Å². The molecule has 0 fully saturated rings. The first-order valence-corrected chi connectivity index (χ1v) is 7.39. The van der Waals surface area contributed by atoms with E-state index in [0.717, 1.165) is 23.3 Å². The van der Waals surface area contributed by atoms with Crippen LogP contribution in [-0.4, -0.2) is 0 Å². The Bertz CT molecular complexity index is 592. The van der Waals surface area contributed by atoms with Gasteiger partial charge in [0.05, 0.1) is 5.56 Å². The van der Waals surface area contributed by atoms with Gasteiger partial charge in [0, 0.05) is 5.92 Å². The lowest BCUT2D eigenvalue weighted by Gasteiger charge is -2.18. The average molecular weight is 305 g/mol. The van der Waals surface area contributed by atoms with Crippen molar-refractivity contribution in [2.75, 3.05) is 0 Å². The first-order chi connectivity index (χ1) is 10.3. The van der Waals surface area contributed by atoms with Crippen molar-refractivity contribution in [2.45, 2.75) is 38.3 Å². The Labute approximate surface area is 130 Å². The molecule has 3 heteroatoms. The molecule has 0 aromatic heterocycles. The second-order valence-electron chi connectivity index (χ2n) is 5.78. The molecule has 22 heavy (non-hydrogen) atoms. The van der Waals surface area contributed by atoms with Crippen LogP contribution in [0.4, 0.5) is 13.2 Å². The van der Waals surface area contributed by atoms with Gasteiger partial charge in [0.2, 0.25) is 0 Å². The Kier molecular flexibility index (Phi) is 4.94. The zero-order valence-electron chi connectivity index (χ0n) is 12.8. The lowest BCUT2D eigenvalue weighted by molar-refractivity contribution is -0.137. The SMILES string of the molecule is [CH2]CC(c1ccc(C(C)C)cc1)c1ccc(C(F)(F)F)cc1. The van der Waals surface area contributed by atoms with Crippen LogP contribution in [-0.2, 0) is 6.18 Å². The standard InChI is InChI=1S/C19H20F3/c1-4-18(15-7-5-14(6-8-15)13(2)3)16-9-11-17(12-10-16)19(20,21)22/h5-13,18H,1,4H2,2-3H3. The van der Waals surface area contributed by atoms with Crippen molar-refractivity contribution in [1.82, 2.24) is 0 Å². The summed E-state index contributed by atoms with van der Waals surface area (Å²) in [7, 11) is 0. The van der Waals surface area contributed by atoms with E-state index < -0.39 is 11.7 Å². The minimum Gasteiger partial charge on any atom is -0.166 e. The maximum Gasteiger partial charge on any atom is 0.416 e. The first kappa shape index (κ1) is 16.6. The average Bonchev–Trinajstić information content (AvgIpc) is 2.48. The smallest absolute Gasteiger partial charge is 0.166 e. The second kappa shape index (κ2) is 6.55. The number of hydrogen-bond donors (Lipinski definition) is 0. The zero-order valence-corrected chi connectivity index (χ0v) is 12.8. The molecule has 0 aliphatic rings. The number of benzene rings is 2. The fraction of sp³-hybridized carbons (Fsp3) is 0.316. The molecule has 2 aromatic carbocycles. The Balaban J connectivity index is 2.28. The van der Waals surface area contributed by atoms with Gasteiger partial charge in [-0.2, -0.15) is 13.2 Å². The van der Waals surface area contributed by atoms with Crippen LogP contribution in [0.1, 0.15) is 54.4 Å². The molecular weight excluding hydrogens is 285 g/mol. The van der Waals surface area contributed by atoms with Crippen molar-refractivity contribution in [2.24, 2.45) is 0 Å². The van der Waals surface area contributed by atoms with Gasteiger partial charge in [-0.15, -0.1) is 0 Å². The van der Waals surface area contributed by atoms with Gasteiger partial charge in [-0.1, -0.05) is 57.2 Å². The summed E-state index contributed by atoms with van der Waals surface area (Å²) < 4.78 is 37.9. The molecule has 0 bridgehead atoms.